The van der Waals surface area contributed by atoms with Gasteiger partial charge in [0, 0.05) is 25.6 Å². The Kier molecular flexibility index (Phi) is 7.33. The van der Waals surface area contributed by atoms with Crippen molar-refractivity contribution in [3.63, 3.8) is 0 Å². The maximum absolute atomic E-state index is 12.8. The van der Waals surface area contributed by atoms with Crippen LogP contribution in [0.2, 0.25) is 0 Å². The van der Waals surface area contributed by atoms with E-state index in [1.54, 1.807) is 12.1 Å². The largest absolute Gasteiger partial charge is 0.355 e. The van der Waals surface area contributed by atoms with E-state index in [1.165, 1.54) is 16.4 Å². The monoisotopic (exact) mass is 392 g/mol. The van der Waals surface area contributed by atoms with Gasteiger partial charge in [-0.15, -0.1) is 0 Å². The summed E-state index contributed by atoms with van der Waals surface area (Å²) in [5, 5.41) is 14.4. The number of benzene rings is 1. The Morgan fingerprint density at radius 1 is 1.22 bits per heavy atom. The average molecular weight is 392 g/mol. The third-order valence-corrected chi connectivity index (χ3v) is 6.40. The second-order valence-electron chi connectivity index (χ2n) is 6.35. The molecule has 1 aliphatic rings. The number of amides is 2. The van der Waals surface area contributed by atoms with Gasteiger partial charge in [-0.2, -0.15) is 9.57 Å². The van der Waals surface area contributed by atoms with Crippen LogP contribution in [0.4, 0.5) is 0 Å². The third kappa shape index (κ3) is 5.28. The highest BCUT2D eigenvalue weighted by Crippen LogP contribution is 2.25. The number of carbonyl (C=O) groups is 2. The maximum atomic E-state index is 12.8. The first-order chi connectivity index (χ1) is 12.9. The molecule has 0 spiro atoms. The van der Waals surface area contributed by atoms with Crippen LogP contribution in [0.25, 0.3) is 0 Å². The van der Waals surface area contributed by atoms with Gasteiger partial charge in [0.1, 0.15) is 6.07 Å². The molecular weight excluding hydrogens is 368 g/mol. The summed E-state index contributed by atoms with van der Waals surface area (Å²) in [5.74, 6) is -0.809. The Bertz CT molecular complexity index is 824. The Labute approximate surface area is 159 Å². The van der Waals surface area contributed by atoms with Crippen molar-refractivity contribution in [2.24, 2.45) is 5.92 Å². The van der Waals surface area contributed by atoms with E-state index in [0.717, 1.165) is 6.42 Å². The minimum Gasteiger partial charge on any atom is -0.355 e. The summed E-state index contributed by atoms with van der Waals surface area (Å²) in [6, 6.07) is 7.99. The topological polar surface area (TPSA) is 119 Å². The predicted molar refractivity (Wildman–Crippen MR) is 99.0 cm³/mol. The highest BCUT2D eigenvalue weighted by atomic mass is 32.2. The first kappa shape index (κ1) is 20.9. The molecule has 1 fully saturated rings. The van der Waals surface area contributed by atoms with E-state index in [2.05, 4.69) is 10.6 Å². The molecule has 1 saturated heterocycles. The Morgan fingerprint density at radius 3 is 2.52 bits per heavy atom. The average Bonchev–Trinajstić information content (AvgIpc) is 2.70. The molecule has 1 heterocycles. The summed E-state index contributed by atoms with van der Waals surface area (Å²) in [6.45, 7) is 2.82. The summed E-state index contributed by atoms with van der Waals surface area (Å²) in [4.78, 5) is 23.7. The molecule has 8 nitrogen and oxygen atoms in total. The zero-order chi connectivity index (χ0) is 19.9. The molecule has 0 bridgehead atoms. The molecule has 1 aromatic carbocycles. The van der Waals surface area contributed by atoms with Crippen molar-refractivity contribution >= 4 is 21.8 Å². The molecule has 9 heteroatoms. The molecule has 0 aliphatic carbocycles. The van der Waals surface area contributed by atoms with Crippen molar-refractivity contribution in [2.45, 2.75) is 31.1 Å². The van der Waals surface area contributed by atoms with Crippen molar-refractivity contribution < 1.29 is 18.0 Å². The van der Waals surface area contributed by atoms with Crippen LogP contribution in [0.3, 0.4) is 0 Å². The fourth-order valence-electron chi connectivity index (χ4n) is 2.92. The maximum Gasteiger partial charge on any atom is 0.244 e. The van der Waals surface area contributed by atoms with Gasteiger partial charge in [-0.25, -0.2) is 8.42 Å². The van der Waals surface area contributed by atoms with Crippen LogP contribution in [0.1, 0.15) is 31.7 Å². The molecule has 0 atom stereocenters. The van der Waals surface area contributed by atoms with E-state index in [4.69, 9.17) is 5.26 Å². The predicted octanol–water partition coefficient (Wildman–Crippen LogP) is 0.601. The van der Waals surface area contributed by atoms with Gasteiger partial charge in [-0.3, -0.25) is 9.59 Å². The summed E-state index contributed by atoms with van der Waals surface area (Å²) in [5.41, 5.74) is 0.107. The molecule has 1 aromatic rings. The third-order valence-electron chi connectivity index (χ3n) is 4.45. The van der Waals surface area contributed by atoms with E-state index in [-0.39, 0.29) is 47.8 Å². The van der Waals surface area contributed by atoms with Crippen LogP contribution in [-0.4, -0.2) is 50.7 Å². The quantitative estimate of drug-likeness (QED) is 0.704. The van der Waals surface area contributed by atoms with E-state index in [0.29, 0.717) is 19.4 Å². The van der Waals surface area contributed by atoms with Crippen LogP contribution in [0.15, 0.2) is 29.2 Å². The van der Waals surface area contributed by atoms with E-state index >= 15 is 0 Å². The first-order valence-corrected chi connectivity index (χ1v) is 10.4. The van der Waals surface area contributed by atoms with Crippen LogP contribution in [0.5, 0.6) is 0 Å². The fourth-order valence-corrected chi connectivity index (χ4v) is 4.53. The smallest absolute Gasteiger partial charge is 0.244 e. The molecule has 0 unspecified atom stereocenters. The number of nitrogens with zero attached hydrogens (tertiary/aromatic N) is 2. The SMILES string of the molecule is CCCNC(=O)CNC(=O)C1CCN(S(=O)(=O)c2ccccc2C#N)CC1. The van der Waals surface area contributed by atoms with Gasteiger partial charge in [0.15, 0.2) is 0 Å². The van der Waals surface area contributed by atoms with Crippen LogP contribution in [0, 0.1) is 17.2 Å². The lowest BCUT2D eigenvalue weighted by Crippen LogP contribution is -2.45. The van der Waals surface area contributed by atoms with Gasteiger partial charge in [-0.05, 0) is 31.4 Å². The van der Waals surface area contributed by atoms with Crippen molar-refractivity contribution in [1.82, 2.24) is 14.9 Å². The summed E-state index contributed by atoms with van der Waals surface area (Å²) in [6.07, 6.45) is 1.56. The zero-order valence-corrected chi connectivity index (χ0v) is 16.1. The van der Waals surface area contributed by atoms with Gasteiger partial charge in [0.25, 0.3) is 0 Å². The van der Waals surface area contributed by atoms with Gasteiger partial charge >= 0.3 is 0 Å². The number of hydrogen-bond donors (Lipinski definition) is 2. The molecular formula is C18H24N4O4S. The minimum atomic E-state index is -3.77. The van der Waals surface area contributed by atoms with Gasteiger partial charge < -0.3 is 10.6 Å². The molecule has 0 radical (unpaired) electrons. The second kappa shape index (κ2) is 9.48. The molecule has 1 aliphatic heterocycles. The van der Waals surface area contributed by atoms with Gasteiger partial charge in [0.2, 0.25) is 21.8 Å². The number of rotatable bonds is 7. The highest BCUT2D eigenvalue weighted by molar-refractivity contribution is 7.89. The lowest BCUT2D eigenvalue weighted by molar-refractivity contribution is -0.129. The number of nitriles is 1. The molecule has 146 valence electrons. The standard InChI is InChI=1S/C18H24N4O4S/c1-2-9-20-17(23)13-21-18(24)14-7-10-22(11-8-14)27(25,26)16-6-4-3-5-15(16)12-19/h3-6,14H,2,7-11,13H2,1H3,(H,20,23)(H,21,24). The minimum absolute atomic E-state index is 0.0111. The van der Waals surface area contributed by atoms with Gasteiger partial charge in [0.05, 0.1) is 17.0 Å². The first-order valence-electron chi connectivity index (χ1n) is 8.93. The van der Waals surface area contributed by atoms with Crippen LogP contribution in [-0.2, 0) is 19.6 Å². The number of nitrogens with one attached hydrogen (secondary N) is 2. The number of carbonyl (C=O) groups excluding carboxylic acids is 2. The molecule has 0 aromatic heterocycles. The van der Waals surface area contributed by atoms with E-state index in [1.807, 2.05) is 13.0 Å². The number of sulfonamides is 1. The Hall–Kier alpha value is -2.44. The molecule has 27 heavy (non-hydrogen) atoms. The van der Waals surface area contributed by atoms with E-state index in [9.17, 15) is 18.0 Å². The molecule has 2 N–H and O–H groups in total. The van der Waals surface area contributed by atoms with E-state index < -0.39 is 10.0 Å². The van der Waals surface area contributed by atoms with Crippen molar-refractivity contribution in [1.29, 1.82) is 5.26 Å². The van der Waals surface area contributed by atoms with Gasteiger partial charge in [-0.1, -0.05) is 19.1 Å². The number of piperidine rings is 1. The Morgan fingerprint density at radius 2 is 1.89 bits per heavy atom. The highest BCUT2D eigenvalue weighted by Gasteiger charge is 2.33. The summed E-state index contributed by atoms with van der Waals surface area (Å²) in [7, 11) is -3.77. The fraction of sp³-hybridized carbons (Fsp3) is 0.500. The molecule has 2 amide bonds. The second-order valence-corrected chi connectivity index (χ2v) is 8.26. The lowest BCUT2D eigenvalue weighted by atomic mass is 9.97. The lowest BCUT2D eigenvalue weighted by Gasteiger charge is -2.30. The van der Waals surface area contributed by atoms with Crippen molar-refractivity contribution in [3.8, 4) is 6.07 Å². The molecule has 0 saturated carbocycles. The summed E-state index contributed by atoms with van der Waals surface area (Å²) < 4.78 is 26.9. The molecule has 2 rings (SSSR count). The normalized spacial score (nSPS) is 15.7. The number of hydrogen-bond acceptors (Lipinski definition) is 5. The zero-order valence-electron chi connectivity index (χ0n) is 15.3. The van der Waals surface area contributed by atoms with Crippen molar-refractivity contribution in [2.75, 3.05) is 26.2 Å². The van der Waals surface area contributed by atoms with Crippen LogP contribution >= 0.6 is 0 Å². The van der Waals surface area contributed by atoms with Crippen molar-refractivity contribution in [3.05, 3.63) is 29.8 Å². The van der Waals surface area contributed by atoms with Crippen LogP contribution < -0.4 is 10.6 Å². The Balaban J connectivity index is 1.92. The summed E-state index contributed by atoms with van der Waals surface area (Å²) >= 11 is 0.